The molecule has 2 rings (SSSR count). The molecule has 2 aliphatic rings. The van der Waals surface area contributed by atoms with E-state index in [-0.39, 0.29) is 24.4 Å². The molecule has 0 bridgehead atoms. The molecular weight excluding hydrogens is 282 g/mol. The van der Waals surface area contributed by atoms with Crippen molar-refractivity contribution in [2.24, 2.45) is 4.99 Å². The van der Waals surface area contributed by atoms with Crippen molar-refractivity contribution in [2.45, 2.75) is 38.8 Å². The lowest BCUT2D eigenvalue weighted by Crippen LogP contribution is -2.56. The van der Waals surface area contributed by atoms with Gasteiger partial charge >= 0.3 is 0 Å². The number of hydrogen-bond donors (Lipinski definition) is 1. The smallest absolute Gasteiger partial charge is 0.243 e. The molecular formula is C15H27N5O2. The largest absolute Gasteiger partial charge is 0.354 e. The summed E-state index contributed by atoms with van der Waals surface area (Å²) in [5.74, 6) is 0.755. The van der Waals surface area contributed by atoms with Gasteiger partial charge in [-0.25, -0.2) is 4.99 Å². The Bertz CT molecular complexity index is 457. The predicted octanol–water partition coefficient (Wildman–Crippen LogP) is -0.265. The fraction of sp³-hybridized carbons (Fsp3) is 0.800. The SMILES string of the molecule is CC(C)NC(=NCC(=O)N(C)C)N1CCN(C2CC2)C(=O)C1. The van der Waals surface area contributed by atoms with Crippen molar-refractivity contribution in [3.63, 3.8) is 0 Å². The molecule has 1 heterocycles. The monoisotopic (exact) mass is 309 g/mol. The third-order valence-electron chi connectivity index (χ3n) is 3.83. The van der Waals surface area contributed by atoms with Crippen LogP contribution in [0.1, 0.15) is 26.7 Å². The molecule has 7 heteroatoms. The molecule has 1 aliphatic carbocycles. The first kappa shape index (κ1) is 16.6. The van der Waals surface area contributed by atoms with E-state index in [4.69, 9.17) is 0 Å². The highest BCUT2D eigenvalue weighted by atomic mass is 16.2. The highest BCUT2D eigenvalue weighted by Gasteiger charge is 2.36. The van der Waals surface area contributed by atoms with Crippen molar-refractivity contribution in [1.82, 2.24) is 20.0 Å². The van der Waals surface area contributed by atoms with Crippen molar-refractivity contribution in [2.75, 3.05) is 40.3 Å². The van der Waals surface area contributed by atoms with E-state index in [0.29, 0.717) is 18.5 Å². The van der Waals surface area contributed by atoms with Crippen LogP contribution in [0.3, 0.4) is 0 Å². The molecule has 1 saturated carbocycles. The van der Waals surface area contributed by atoms with Crippen molar-refractivity contribution in [3.05, 3.63) is 0 Å². The second-order valence-electron chi connectivity index (χ2n) is 6.47. The van der Waals surface area contributed by atoms with Gasteiger partial charge in [-0.2, -0.15) is 0 Å². The summed E-state index contributed by atoms with van der Waals surface area (Å²) < 4.78 is 0. The van der Waals surface area contributed by atoms with Gasteiger partial charge in [-0.05, 0) is 26.7 Å². The number of amides is 2. The van der Waals surface area contributed by atoms with Crippen LogP contribution < -0.4 is 5.32 Å². The summed E-state index contributed by atoms with van der Waals surface area (Å²) in [7, 11) is 3.43. The number of piperazine rings is 1. The average Bonchev–Trinajstić information content (AvgIpc) is 3.26. The number of hydrogen-bond acceptors (Lipinski definition) is 3. The van der Waals surface area contributed by atoms with Crippen LogP contribution in [0.2, 0.25) is 0 Å². The standard InChI is InChI=1S/C15H27N5O2/c1-11(2)17-15(16-9-13(21)18(3)4)19-7-8-20(12-5-6-12)14(22)10-19/h11-12H,5-10H2,1-4H3,(H,16,17). The number of aliphatic imine (C=N–C) groups is 1. The first-order valence-corrected chi connectivity index (χ1v) is 7.94. The maximum Gasteiger partial charge on any atom is 0.243 e. The van der Waals surface area contributed by atoms with Gasteiger partial charge in [-0.15, -0.1) is 0 Å². The van der Waals surface area contributed by atoms with Gasteiger partial charge in [0.1, 0.15) is 6.54 Å². The van der Waals surface area contributed by atoms with E-state index < -0.39 is 0 Å². The Balaban J connectivity index is 2.00. The van der Waals surface area contributed by atoms with Crippen molar-refractivity contribution in [1.29, 1.82) is 0 Å². The topological polar surface area (TPSA) is 68.2 Å². The third kappa shape index (κ3) is 4.35. The van der Waals surface area contributed by atoms with E-state index in [2.05, 4.69) is 10.3 Å². The molecule has 1 aliphatic heterocycles. The molecule has 0 spiro atoms. The summed E-state index contributed by atoms with van der Waals surface area (Å²) in [4.78, 5) is 33.8. The summed E-state index contributed by atoms with van der Waals surface area (Å²) in [5.41, 5.74) is 0. The Morgan fingerprint density at radius 1 is 1.36 bits per heavy atom. The van der Waals surface area contributed by atoms with Gasteiger partial charge in [0.15, 0.2) is 5.96 Å². The fourth-order valence-electron chi connectivity index (χ4n) is 2.42. The van der Waals surface area contributed by atoms with Gasteiger partial charge in [-0.1, -0.05) is 0 Å². The Morgan fingerprint density at radius 2 is 2.05 bits per heavy atom. The lowest BCUT2D eigenvalue weighted by Gasteiger charge is -2.36. The summed E-state index contributed by atoms with van der Waals surface area (Å²) in [6.07, 6.45) is 2.27. The quantitative estimate of drug-likeness (QED) is 0.574. The highest BCUT2D eigenvalue weighted by molar-refractivity contribution is 5.89. The number of rotatable bonds is 4. The third-order valence-corrected chi connectivity index (χ3v) is 3.83. The van der Waals surface area contributed by atoms with E-state index >= 15 is 0 Å². The van der Waals surface area contributed by atoms with Crippen molar-refractivity contribution >= 4 is 17.8 Å². The molecule has 0 aromatic carbocycles. The second kappa shape index (κ2) is 6.98. The molecule has 0 radical (unpaired) electrons. The fourth-order valence-corrected chi connectivity index (χ4v) is 2.42. The average molecular weight is 309 g/mol. The lowest BCUT2D eigenvalue weighted by molar-refractivity contribution is -0.135. The summed E-state index contributed by atoms with van der Waals surface area (Å²) in [5, 5.41) is 3.26. The molecule has 0 atom stereocenters. The first-order chi connectivity index (χ1) is 10.4. The number of carbonyl (C=O) groups is 2. The minimum Gasteiger partial charge on any atom is -0.354 e. The number of nitrogens with one attached hydrogen (secondary N) is 1. The van der Waals surface area contributed by atoms with E-state index in [1.807, 2.05) is 23.6 Å². The maximum atomic E-state index is 12.2. The van der Waals surface area contributed by atoms with Crippen molar-refractivity contribution < 1.29 is 9.59 Å². The first-order valence-electron chi connectivity index (χ1n) is 7.94. The van der Waals surface area contributed by atoms with Gasteiger partial charge in [0.2, 0.25) is 11.8 Å². The van der Waals surface area contributed by atoms with E-state index in [0.717, 1.165) is 25.9 Å². The molecule has 2 amide bonds. The predicted molar refractivity (Wildman–Crippen MR) is 85.6 cm³/mol. The van der Waals surface area contributed by atoms with Crippen LogP contribution in [0.5, 0.6) is 0 Å². The zero-order valence-electron chi connectivity index (χ0n) is 14.0. The lowest BCUT2D eigenvalue weighted by atomic mass is 10.3. The molecule has 0 unspecified atom stereocenters. The van der Waals surface area contributed by atoms with Gasteiger partial charge in [0.05, 0.1) is 6.54 Å². The Kier molecular flexibility index (Phi) is 5.26. The number of guanidine groups is 1. The molecule has 0 aromatic rings. The zero-order valence-corrected chi connectivity index (χ0v) is 14.0. The van der Waals surface area contributed by atoms with Crippen LogP contribution in [0.4, 0.5) is 0 Å². The van der Waals surface area contributed by atoms with Crippen LogP contribution >= 0.6 is 0 Å². The van der Waals surface area contributed by atoms with Gasteiger partial charge in [0.25, 0.3) is 0 Å². The molecule has 2 fully saturated rings. The number of carbonyl (C=O) groups excluding carboxylic acids is 2. The normalized spacial score (nSPS) is 19.7. The summed E-state index contributed by atoms with van der Waals surface area (Å²) >= 11 is 0. The minimum absolute atomic E-state index is 0.0500. The van der Waals surface area contributed by atoms with Crippen LogP contribution in [-0.4, -0.2) is 84.8 Å². The Morgan fingerprint density at radius 3 is 2.55 bits per heavy atom. The molecule has 124 valence electrons. The second-order valence-corrected chi connectivity index (χ2v) is 6.47. The zero-order chi connectivity index (χ0) is 16.3. The molecule has 1 N–H and O–H groups in total. The number of nitrogens with zero attached hydrogens (tertiary/aromatic N) is 4. The highest BCUT2D eigenvalue weighted by Crippen LogP contribution is 2.28. The van der Waals surface area contributed by atoms with Crippen LogP contribution in [-0.2, 0) is 9.59 Å². The summed E-state index contributed by atoms with van der Waals surface area (Å²) in [6, 6.07) is 0.660. The Labute approximate surface area is 132 Å². The van der Waals surface area contributed by atoms with Crippen LogP contribution in [0.25, 0.3) is 0 Å². The van der Waals surface area contributed by atoms with Gasteiger partial charge in [-0.3, -0.25) is 9.59 Å². The van der Waals surface area contributed by atoms with Crippen molar-refractivity contribution in [3.8, 4) is 0 Å². The molecule has 22 heavy (non-hydrogen) atoms. The molecule has 1 saturated heterocycles. The van der Waals surface area contributed by atoms with E-state index in [1.54, 1.807) is 14.1 Å². The van der Waals surface area contributed by atoms with Gasteiger partial charge < -0.3 is 20.0 Å². The minimum atomic E-state index is -0.0500. The molecule has 0 aromatic heterocycles. The van der Waals surface area contributed by atoms with E-state index in [9.17, 15) is 9.59 Å². The van der Waals surface area contributed by atoms with Crippen LogP contribution in [0.15, 0.2) is 4.99 Å². The Hall–Kier alpha value is -1.79. The van der Waals surface area contributed by atoms with Crippen LogP contribution in [0, 0.1) is 0 Å². The van der Waals surface area contributed by atoms with E-state index in [1.165, 1.54) is 4.90 Å². The molecule has 7 nitrogen and oxygen atoms in total. The van der Waals surface area contributed by atoms with Gasteiger partial charge in [0, 0.05) is 39.3 Å². The number of likely N-dealkylation sites (N-methyl/N-ethyl adjacent to an activating group) is 1. The maximum absolute atomic E-state index is 12.2. The summed E-state index contributed by atoms with van der Waals surface area (Å²) in [6.45, 7) is 5.97.